The van der Waals surface area contributed by atoms with Crippen LogP contribution < -0.4 is 5.73 Å². The fraction of sp³-hybridized carbons (Fsp3) is 0.417. The number of ether oxygens (including phenoxy) is 1. The van der Waals surface area contributed by atoms with Crippen LogP contribution in [0.3, 0.4) is 0 Å². The average molecular weight is 220 g/mol. The van der Waals surface area contributed by atoms with Crippen LogP contribution in [-0.4, -0.2) is 37.1 Å². The number of rotatable bonds is 2. The van der Waals surface area contributed by atoms with Crippen LogP contribution in [0.2, 0.25) is 0 Å². The number of hydrogen-bond donors (Lipinski definition) is 1. The van der Waals surface area contributed by atoms with Gasteiger partial charge < -0.3 is 15.4 Å². The fourth-order valence-corrected chi connectivity index (χ4v) is 1.87. The first-order valence-electron chi connectivity index (χ1n) is 5.35. The van der Waals surface area contributed by atoms with Gasteiger partial charge in [0.1, 0.15) is 6.61 Å². The van der Waals surface area contributed by atoms with E-state index in [1.807, 2.05) is 24.3 Å². The van der Waals surface area contributed by atoms with Crippen molar-refractivity contribution in [2.45, 2.75) is 12.5 Å². The van der Waals surface area contributed by atoms with Crippen molar-refractivity contribution in [1.29, 1.82) is 0 Å². The molecule has 16 heavy (non-hydrogen) atoms. The maximum atomic E-state index is 11.2. The number of hydrogen-bond acceptors (Lipinski definition) is 3. The van der Waals surface area contributed by atoms with Gasteiger partial charge in [0.05, 0.1) is 6.10 Å². The molecule has 1 saturated heterocycles. The highest BCUT2D eigenvalue weighted by atomic mass is 16.5. The number of likely N-dealkylation sites (N-methyl/N-ethyl adjacent to an activating group) is 1. The minimum atomic E-state index is 0.0452. The van der Waals surface area contributed by atoms with Gasteiger partial charge in [-0.1, -0.05) is 12.1 Å². The Morgan fingerprint density at radius 1 is 1.56 bits per heavy atom. The molecule has 1 aromatic carbocycles. The maximum Gasteiger partial charge on any atom is 0.248 e. The van der Waals surface area contributed by atoms with Gasteiger partial charge in [-0.25, -0.2) is 0 Å². The number of carbonyl (C=O) groups is 1. The zero-order valence-corrected chi connectivity index (χ0v) is 9.35. The molecule has 1 aliphatic rings. The summed E-state index contributed by atoms with van der Waals surface area (Å²) in [5.74, 6) is 0.0452. The first kappa shape index (κ1) is 11.0. The summed E-state index contributed by atoms with van der Waals surface area (Å²) in [4.78, 5) is 12.9. The minimum absolute atomic E-state index is 0.0452. The molecular formula is C12H16N2O2. The van der Waals surface area contributed by atoms with Crippen LogP contribution in [0.25, 0.3) is 0 Å². The molecule has 4 heteroatoms. The van der Waals surface area contributed by atoms with Gasteiger partial charge in [0.25, 0.3) is 0 Å². The van der Waals surface area contributed by atoms with E-state index in [4.69, 9.17) is 10.5 Å². The van der Waals surface area contributed by atoms with Gasteiger partial charge >= 0.3 is 0 Å². The van der Waals surface area contributed by atoms with Crippen molar-refractivity contribution in [3.05, 3.63) is 29.8 Å². The van der Waals surface area contributed by atoms with Crippen LogP contribution in [0.15, 0.2) is 24.3 Å². The van der Waals surface area contributed by atoms with Gasteiger partial charge in [-0.3, -0.25) is 4.79 Å². The molecule has 1 unspecified atom stereocenters. The average Bonchev–Trinajstić information content (AvgIpc) is 2.24. The maximum absolute atomic E-state index is 11.2. The van der Waals surface area contributed by atoms with Crippen molar-refractivity contribution in [3.63, 3.8) is 0 Å². The van der Waals surface area contributed by atoms with E-state index in [0.29, 0.717) is 6.54 Å². The van der Waals surface area contributed by atoms with Crippen LogP contribution in [0.4, 0.5) is 5.69 Å². The highest BCUT2D eigenvalue weighted by Gasteiger charge is 2.23. The van der Waals surface area contributed by atoms with E-state index in [2.05, 4.69) is 0 Å². The molecule has 1 aromatic rings. The largest absolute Gasteiger partial charge is 0.399 e. The number of anilines is 1. The number of amides is 1. The highest BCUT2D eigenvalue weighted by molar-refractivity contribution is 5.77. The predicted molar refractivity (Wildman–Crippen MR) is 61.9 cm³/mol. The quantitative estimate of drug-likeness (QED) is 0.745. The Morgan fingerprint density at radius 3 is 3.06 bits per heavy atom. The Labute approximate surface area is 95.0 Å². The summed E-state index contributed by atoms with van der Waals surface area (Å²) in [7, 11) is 1.80. The second-order valence-corrected chi connectivity index (χ2v) is 4.16. The molecule has 1 fully saturated rings. The van der Waals surface area contributed by atoms with Crippen LogP contribution >= 0.6 is 0 Å². The summed E-state index contributed by atoms with van der Waals surface area (Å²) in [6.07, 6.45) is 0.868. The zero-order valence-electron chi connectivity index (χ0n) is 9.35. The number of nitrogens with zero attached hydrogens (tertiary/aromatic N) is 1. The van der Waals surface area contributed by atoms with Gasteiger partial charge in [0.15, 0.2) is 0 Å². The Bertz CT molecular complexity index is 392. The lowest BCUT2D eigenvalue weighted by Gasteiger charge is -2.29. The van der Waals surface area contributed by atoms with Crippen molar-refractivity contribution >= 4 is 11.6 Å². The Balaban J connectivity index is 1.98. The van der Waals surface area contributed by atoms with Gasteiger partial charge in [-0.2, -0.15) is 0 Å². The van der Waals surface area contributed by atoms with E-state index in [9.17, 15) is 4.79 Å². The molecule has 1 heterocycles. The number of morpholine rings is 1. The third kappa shape index (κ3) is 2.52. The van der Waals surface area contributed by atoms with Crippen molar-refractivity contribution in [2.24, 2.45) is 0 Å². The summed E-state index contributed by atoms with van der Waals surface area (Å²) in [5.41, 5.74) is 7.62. The number of nitrogen functional groups attached to an aromatic ring is 1. The minimum Gasteiger partial charge on any atom is -0.399 e. The van der Waals surface area contributed by atoms with Gasteiger partial charge in [-0.15, -0.1) is 0 Å². The van der Waals surface area contributed by atoms with Gasteiger partial charge in [-0.05, 0) is 17.7 Å². The summed E-state index contributed by atoms with van der Waals surface area (Å²) < 4.78 is 5.47. The molecule has 0 radical (unpaired) electrons. The fourth-order valence-electron chi connectivity index (χ4n) is 1.87. The lowest BCUT2D eigenvalue weighted by Crippen LogP contribution is -2.45. The highest BCUT2D eigenvalue weighted by Crippen LogP contribution is 2.13. The van der Waals surface area contributed by atoms with Crippen molar-refractivity contribution in [3.8, 4) is 0 Å². The normalized spacial score (nSPS) is 21.2. The molecule has 0 bridgehead atoms. The van der Waals surface area contributed by atoms with Crippen LogP contribution in [0.1, 0.15) is 5.56 Å². The summed E-state index contributed by atoms with van der Waals surface area (Å²) in [6, 6.07) is 7.76. The lowest BCUT2D eigenvalue weighted by molar-refractivity contribution is -0.146. The molecule has 0 spiro atoms. The standard InChI is InChI=1S/C12H16N2O2/c1-14-7-11(16-8-12(14)15)6-9-3-2-4-10(13)5-9/h2-5,11H,6-8,13H2,1H3. The number of benzene rings is 1. The third-order valence-electron chi connectivity index (χ3n) is 2.76. The second-order valence-electron chi connectivity index (χ2n) is 4.16. The van der Waals surface area contributed by atoms with E-state index in [1.54, 1.807) is 11.9 Å². The summed E-state index contributed by atoms with van der Waals surface area (Å²) in [5, 5.41) is 0. The molecule has 2 N–H and O–H groups in total. The van der Waals surface area contributed by atoms with E-state index in [0.717, 1.165) is 17.7 Å². The molecule has 86 valence electrons. The van der Waals surface area contributed by atoms with Crippen molar-refractivity contribution in [1.82, 2.24) is 4.90 Å². The number of carbonyl (C=O) groups excluding carboxylic acids is 1. The summed E-state index contributed by atoms with van der Waals surface area (Å²) >= 11 is 0. The third-order valence-corrected chi connectivity index (χ3v) is 2.76. The second kappa shape index (κ2) is 4.53. The molecule has 0 aromatic heterocycles. The monoisotopic (exact) mass is 220 g/mol. The van der Waals surface area contributed by atoms with E-state index < -0.39 is 0 Å². The Kier molecular flexibility index (Phi) is 3.10. The van der Waals surface area contributed by atoms with Crippen LogP contribution in [-0.2, 0) is 16.0 Å². The van der Waals surface area contributed by atoms with E-state index in [1.165, 1.54) is 0 Å². The van der Waals surface area contributed by atoms with Crippen molar-refractivity contribution < 1.29 is 9.53 Å². The first-order valence-corrected chi connectivity index (χ1v) is 5.35. The van der Waals surface area contributed by atoms with Crippen LogP contribution in [0.5, 0.6) is 0 Å². The van der Waals surface area contributed by atoms with Crippen LogP contribution in [0, 0.1) is 0 Å². The molecule has 1 aliphatic heterocycles. The Morgan fingerprint density at radius 2 is 2.38 bits per heavy atom. The molecular weight excluding hydrogens is 204 g/mol. The predicted octanol–water partition coefficient (Wildman–Crippen LogP) is 0.668. The smallest absolute Gasteiger partial charge is 0.248 e. The van der Waals surface area contributed by atoms with Gasteiger partial charge in [0.2, 0.25) is 5.91 Å². The van der Waals surface area contributed by atoms with Gasteiger partial charge in [0, 0.05) is 25.7 Å². The zero-order chi connectivity index (χ0) is 11.5. The lowest BCUT2D eigenvalue weighted by atomic mass is 10.1. The van der Waals surface area contributed by atoms with E-state index >= 15 is 0 Å². The number of nitrogens with two attached hydrogens (primary N) is 1. The molecule has 0 saturated carbocycles. The topological polar surface area (TPSA) is 55.6 Å². The molecule has 2 rings (SSSR count). The Hall–Kier alpha value is -1.55. The van der Waals surface area contributed by atoms with Crippen molar-refractivity contribution in [2.75, 3.05) is 25.9 Å². The summed E-state index contributed by atoms with van der Waals surface area (Å²) in [6.45, 7) is 0.830. The molecule has 0 aliphatic carbocycles. The SMILES string of the molecule is CN1CC(Cc2cccc(N)c2)OCC1=O. The molecule has 1 amide bonds. The van der Waals surface area contributed by atoms with E-state index in [-0.39, 0.29) is 18.6 Å². The molecule has 4 nitrogen and oxygen atoms in total. The molecule has 1 atom stereocenters. The first-order chi connectivity index (χ1) is 7.65.